The maximum Gasteiger partial charge on any atom is 0.269 e. The minimum Gasteiger partial charge on any atom is -0.397 e. The third-order valence-electron chi connectivity index (χ3n) is 2.90. The van der Waals surface area contributed by atoms with Crippen LogP contribution in [0.1, 0.15) is 16.9 Å². The zero-order valence-corrected chi connectivity index (χ0v) is 10.6. The second-order valence-corrected chi connectivity index (χ2v) is 6.68. The molecule has 2 rings (SSSR count). The van der Waals surface area contributed by atoms with E-state index in [1.807, 2.05) is 0 Å². The summed E-state index contributed by atoms with van der Waals surface area (Å²) < 4.78 is 22.5. The minimum absolute atomic E-state index is 0.00716. The largest absolute Gasteiger partial charge is 0.397 e. The van der Waals surface area contributed by atoms with Gasteiger partial charge in [-0.3, -0.25) is 4.79 Å². The van der Waals surface area contributed by atoms with Crippen LogP contribution >= 0.6 is 0 Å². The average Bonchev–Trinajstić information content (AvgIpc) is 2.67. The maximum absolute atomic E-state index is 11.7. The molecule has 0 spiro atoms. The zero-order chi connectivity index (χ0) is 13.2. The zero-order valence-electron chi connectivity index (χ0n) is 9.80. The van der Waals surface area contributed by atoms with Gasteiger partial charge in [0.05, 0.1) is 23.4 Å². The molecule has 0 aromatic carbocycles. The Kier molecular flexibility index (Phi) is 3.51. The van der Waals surface area contributed by atoms with Crippen molar-refractivity contribution in [2.45, 2.75) is 6.42 Å². The number of anilines is 1. The molecule has 1 aromatic heterocycles. The molecular weight excluding hydrogens is 254 g/mol. The van der Waals surface area contributed by atoms with Crippen molar-refractivity contribution >= 4 is 21.4 Å². The molecule has 1 amide bonds. The Bertz CT molecular complexity index is 539. The molecule has 6 nitrogen and oxygen atoms in total. The molecule has 1 saturated heterocycles. The first-order valence-corrected chi connectivity index (χ1v) is 7.48. The van der Waals surface area contributed by atoms with E-state index in [-0.39, 0.29) is 29.0 Å². The molecular formula is C11H15N3O3S. The van der Waals surface area contributed by atoms with Crippen LogP contribution in [0, 0.1) is 5.92 Å². The fourth-order valence-electron chi connectivity index (χ4n) is 1.90. The normalized spacial score (nSPS) is 21.7. The van der Waals surface area contributed by atoms with Crippen molar-refractivity contribution in [2.24, 2.45) is 5.92 Å². The first kappa shape index (κ1) is 12.8. The van der Waals surface area contributed by atoms with Crippen molar-refractivity contribution in [3.8, 4) is 0 Å². The summed E-state index contributed by atoms with van der Waals surface area (Å²) >= 11 is 0. The SMILES string of the molecule is Nc1ccc(C(=O)NCC2CCS(=O)(=O)C2)nc1. The van der Waals surface area contributed by atoms with Gasteiger partial charge in [-0.25, -0.2) is 13.4 Å². The van der Waals surface area contributed by atoms with E-state index in [1.165, 1.54) is 12.3 Å². The van der Waals surface area contributed by atoms with E-state index in [1.54, 1.807) is 6.07 Å². The summed E-state index contributed by atoms with van der Waals surface area (Å²) in [6.45, 7) is 0.365. The predicted molar refractivity (Wildman–Crippen MR) is 67.7 cm³/mol. The van der Waals surface area contributed by atoms with Gasteiger partial charge in [-0.2, -0.15) is 0 Å². The summed E-state index contributed by atoms with van der Waals surface area (Å²) in [5.74, 6) is 0.0721. The Morgan fingerprint density at radius 2 is 2.28 bits per heavy atom. The number of nitrogens with one attached hydrogen (secondary N) is 1. The lowest BCUT2D eigenvalue weighted by Gasteiger charge is -2.09. The van der Waals surface area contributed by atoms with Crippen LogP contribution in [0.4, 0.5) is 5.69 Å². The number of amides is 1. The number of carbonyl (C=O) groups excluding carboxylic acids is 1. The van der Waals surface area contributed by atoms with E-state index in [9.17, 15) is 13.2 Å². The topological polar surface area (TPSA) is 102 Å². The van der Waals surface area contributed by atoms with E-state index in [0.717, 1.165) is 0 Å². The van der Waals surface area contributed by atoms with Crippen molar-refractivity contribution < 1.29 is 13.2 Å². The lowest BCUT2D eigenvalue weighted by molar-refractivity contribution is 0.0943. The van der Waals surface area contributed by atoms with E-state index in [0.29, 0.717) is 18.7 Å². The van der Waals surface area contributed by atoms with Crippen molar-refractivity contribution in [1.82, 2.24) is 10.3 Å². The fraction of sp³-hybridized carbons (Fsp3) is 0.455. The van der Waals surface area contributed by atoms with Gasteiger partial charge in [-0.05, 0) is 24.5 Å². The molecule has 1 aliphatic heterocycles. The number of hydrogen-bond acceptors (Lipinski definition) is 5. The third kappa shape index (κ3) is 3.19. The second kappa shape index (κ2) is 4.93. The molecule has 7 heteroatoms. The quantitative estimate of drug-likeness (QED) is 0.793. The van der Waals surface area contributed by atoms with Gasteiger partial charge in [-0.1, -0.05) is 0 Å². The highest BCUT2D eigenvalue weighted by Gasteiger charge is 2.28. The molecule has 1 fully saturated rings. The van der Waals surface area contributed by atoms with Gasteiger partial charge in [0.2, 0.25) is 0 Å². The standard InChI is InChI=1S/C11H15N3O3S/c12-9-1-2-10(13-6-9)11(15)14-5-8-3-4-18(16,17)7-8/h1-2,6,8H,3-5,7,12H2,(H,14,15). The van der Waals surface area contributed by atoms with E-state index in [2.05, 4.69) is 10.3 Å². The fourth-order valence-corrected chi connectivity index (χ4v) is 3.76. The number of sulfone groups is 1. The minimum atomic E-state index is -2.90. The molecule has 1 aromatic rings. The monoisotopic (exact) mass is 269 g/mol. The summed E-state index contributed by atoms with van der Waals surface area (Å²) in [5, 5.41) is 2.69. The Labute approximate surface area is 106 Å². The van der Waals surface area contributed by atoms with Gasteiger partial charge in [0, 0.05) is 6.54 Å². The van der Waals surface area contributed by atoms with Crippen molar-refractivity contribution in [3.63, 3.8) is 0 Å². The second-order valence-electron chi connectivity index (χ2n) is 4.46. The Morgan fingerprint density at radius 3 is 2.83 bits per heavy atom. The lowest BCUT2D eigenvalue weighted by Crippen LogP contribution is -2.30. The number of carbonyl (C=O) groups is 1. The summed E-state index contributed by atoms with van der Waals surface area (Å²) in [4.78, 5) is 15.6. The smallest absolute Gasteiger partial charge is 0.269 e. The molecule has 1 aliphatic rings. The van der Waals surface area contributed by atoms with Crippen molar-refractivity contribution in [1.29, 1.82) is 0 Å². The van der Waals surface area contributed by atoms with Crippen LogP contribution in [-0.4, -0.2) is 37.4 Å². The van der Waals surface area contributed by atoms with Gasteiger partial charge in [-0.15, -0.1) is 0 Å². The number of nitrogens with two attached hydrogens (primary N) is 1. The number of nitrogen functional groups attached to an aromatic ring is 1. The van der Waals surface area contributed by atoms with Crippen LogP contribution in [0.3, 0.4) is 0 Å². The molecule has 0 radical (unpaired) electrons. The van der Waals surface area contributed by atoms with Crippen LogP contribution in [0.25, 0.3) is 0 Å². The highest BCUT2D eigenvalue weighted by Crippen LogP contribution is 2.17. The Morgan fingerprint density at radius 1 is 1.50 bits per heavy atom. The van der Waals surface area contributed by atoms with Crippen LogP contribution < -0.4 is 11.1 Å². The summed E-state index contributed by atoms with van der Waals surface area (Å²) in [6, 6.07) is 3.14. The average molecular weight is 269 g/mol. The number of aromatic nitrogens is 1. The maximum atomic E-state index is 11.7. The molecule has 2 heterocycles. The van der Waals surface area contributed by atoms with Gasteiger partial charge < -0.3 is 11.1 Å². The Hall–Kier alpha value is -1.63. The van der Waals surface area contributed by atoms with Crippen LogP contribution in [-0.2, 0) is 9.84 Å². The predicted octanol–water partition coefficient (Wildman–Crippen LogP) is -0.172. The summed E-state index contributed by atoms with van der Waals surface area (Å²) in [7, 11) is -2.90. The molecule has 0 aliphatic carbocycles. The van der Waals surface area contributed by atoms with Gasteiger partial charge in [0.25, 0.3) is 5.91 Å². The summed E-state index contributed by atoms with van der Waals surface area (Å²) in [5.41, 5.74) is 6.25. The van der Waals surface area contributed by atoms with Gasteiger partial charge >= 0.3 is 0 Å². The number of pyridine rings is 1. The number of nitrogens with zero attached hydrogens (tertiary/aromatic N) is 1. The van der Waals surface area contributed by atoms with E-state index >= 15 is 0 Å². The highest BCUT2D eigenvalue weighted by molar-refractivity contribution is 7.91. The van der Waals surface area contributed by atoms with Crippen molar-refractivity contribution in [3.05, 3.63) is 24.0 Å². The number of rotatable bonds is 3. The van der Waals surface area contributed by atoms with Gasteiger partial charge in [0.15, 0.2) is 9.84 Å². The molecule has 0 saturated carbocycles. The molecule has 98 valence electrons. The van der Waals surface area contributed by atoms with Gasteiger partial charge in [0.1, 0.15) is 5.69 Å². The first-order chi connectivity index (χ1) is 8.46. The van der Waals surface area contributed by atoms with Crippen LogP contribution in [0.2, 0.25) is 0 Å². The van der Waals surface area contributed by atoms with Crippen LogP contribution in [0.15, 0.2) is 18.3 Å². The van der Waals surface area contributed by atoms with Crippen LogP contribution in [0.5, 0.6) is 0 Å². The lowest BCUT2D eigenvalue weighted by atomic mass is 10.1. The first-order valence-electron chi connectivity index (χ1n) is 5.66. The third-order valence-corrected chi connectivity index (χ3v) is 4.73. The van der Waals surface area contributed by atoms with E-state index < -0.39 is 9.84 Å². The van der Waals surface area contributed by atoms with Crippen molar-refractivity contribution in [2.75, 3.05) is 23.8 Å². The molecule has 3 N–H and O–H groups in total. The molecule has 0 bridgehead atoms. The molecule has 1 atom stereocenters. The highest BCUT2D eigenvalue weighted by atomic mass is 32.2. The summed E-state index contributed by atoms with van der Waals surface area (Å²) in [6.07, 6.45) is 2.02. The number of hydrogen-bond donors (Lipinski definition) is 2. The molecule has 18 heavy (non-hydrogen) atoms. The Balaban J connectivity index is 1.87. The molecule has 1 unspecified atom stereocenters. The van der Waals surface area contributed by atoms with E-state index in [4.69, 9.17) is 5.73 Å².